The average molecular weight is 287 g/mol. The van der Waals surface area contributed by atoms with E-state index in [1.54, 1.807) is 12.5 Å². The van der Waals surface area contributed by atoms with Crippen molar-refractivity contribution < 1.29 is 9.90 Å². The molecule has 0 aliphatic rings. The largest absolute Gasteiger partial charge is 0.481 e. The van der Waals surface area contributed by atoms with Crippen molar-refractivity contribution in [2.24, 2.45) is 0 Å². The number of imidazole rings is 1. The van der Waals surface area contributed by atoms with Crippen LogP contribution in [-0.4, -0.2) is 27.6 Å². The van der Waals surface area contributed by atoms with Crippen LogP contribution < -0.4 is 5.32 Å². The Morgan fingerprint density at radius 1 is 1.29 bits per heavy atom. The van der Waals surface area contributed by atoms with E-state index >= 15 is 0 Å². The molecule has 112 valence electrons. The Hall–Kier alpha value is -2.14. The van der Waals surface area contributed by atoms with Crippen molar-refractivity contribution in [3.63, 3.8) is 0 Å². The van der Waals surface area contributed by atoms with E-state index < -0.39 is 5.97 Å². The summed E-state index contributed by atoms with van der Waals surface area (Å²) in [7, 11) is 0. The van der Waals surface area contributed by atoms with Gasteiger partial charge in [0.2, 0.25) is 0 Å². The number of H-pyrrole nitrogens is 1. The molecule has 5 heteroatoms. The Labute approximate surface area is 124 Å². The summed E-state index contributed by atoms with van der Waals surface area (Å²) in [6, 6.07) is 10.1. The zero-order valence-corrected chi connectivity index (χ0v) is 12.0. The van der Waals surface area contributed by atoms with Gasteiger partial charge in [-0.15, -0.1) is 0 Å². The normalized spacial score (nSPS) is 12.2. The van der Waals surface area contributed by atoms with Crippen LogP contribution in [0.2, 0.25) is 0 Å². The topological polar surface area (TPSA) is 78.0 Å². The molecule has 1 atom stereocenters. The zero-order chi connectivity index (χ0) is 14.9. The molecule has 5 nitrogen and oxygen atoms in total. The van der Waals surface area contributed by atoms with Gasteiger partial charge < -0.3 is 15.4 Å². The average Bonchev–Trinajstić information content (AvgIpc) is 3.00. The minimum absolute atomic E-state index is 0.208. The second-order valence-corrected chi connectivity index (χ2v) is 5.08. The summed E-state index contributed by atoms with van der Waals surface area (Å²) in [5.74, 6) is -0.460. The highest BCUT2D eigenvalue weighted by atomic mass is 16.4. The molecule has 0 aliphatic heterocycles. The molecule has 1 aromatic heterocycles. The van der Waals surface area contributed by atoms with Gasteiger partial charge in [0.25, 0.3) is 0 Å². The van der Waals surface area contributed by atoms with Crippen LogP contribution >= 0.6 is 0 Å². The smallest absolute Gasteiger partial charge is 0.303 e. The van der Waals surface area contributed by atoms with E-state index in [4.69, 9.17) is 5.11 Å². The van der Waals surface area contributed by atoms with Crippen LogP contribution in [0, 0.1) is 0 Å². The Kier molecular flexibility index (Phi) is 5.97. The second-order valence-electron chi connectivity index (χ2n) is 5.08. The monoisotopic (exact) mass is 287 g/mol. The minimum Gasteiger partial charge on any atom is -0.481 e. The van der Waals surface area contributed by atoms with E-state index in [1.165, 1.54) is 5.56 Å². The summed E-state index contributed by atoms with van der Waals surface area (Å²) in [5.41, 5.74) is 2.26. The number of hydrogen-bond acceptors (Lipinski definition) is 3. The first kappa shape index (κ1) is 15.3. The van der Waals surface area contributed by atoms with Gasteiger partial charge in [-0.3, -0.25) is 4.79 Å². The van der Waals surface area contributed by atoms with Gasteiger partial charge in [-0.1, -0.05) is 30.3 Å². The fourth-order valence-electron chi connectivity index (χ4n) is 2.38. The number of carboxylic acids is 1. The van der Waals surface area contributed by atoms with Gasteiger partial charge in [-0.25, -0.2) is 4.98 Å². The minimum atomic E-state index is -0.735. The van der Waals surface area contributed by atoms with Crippen LogP contribution in [-0.2, 0) is 11.3 Å². The maximum Gasteiger partial charge on any atom is 0.303 e. The van der Waals surface area contributed by atoms with Crippen molar-refractivity contribution in [1.82, 2.24) is 15.3 Å². The van der Waals surface area contributed by atoms with Crippen LogP contribution in [0.3, 0.4) is 0 Å². The molecule has 1 unspecified atom stereocenters. The molecular formula is C16H21N3O2. The van der Waals surface area contributed by atoms with E-state index in [0.717, 1.165) is 25.2 Å². The third-order valence-electron chi connectivity index (χ3n) is 3.52. The number of aliphatic carboxylic acids is 1. The third-order valence-corrected chi connectivity index (χ3v) is 3.52. The predicted molar refractivity (Wildman–Crippen MR) is 81.0 cm³/mol. The van der Waals surface area contributed by atoms with Crippen LogP contribution in [0.25, 0.3) is 0 Å². The molecule has 3 N–H and O–H groups in total. The van der Waals surface area contributed by atoms with Crippen molar-refractivity contribution in [3.05, 3.63) is 54.1 Å². The Bertz CT molecular complexity index is 526. The summed E-state index contributed by atoms with van der Waals surface area (Å²) in [5, 5.41) is 12.2. The first-order chi connectivity index (χ1) is 10.3. The van der Waals surface area contributed by atoms with Crippen molar-refractivity contribution in [1.29, 1.82) is 0 Å². The number of nitrogens with zero attached hydrogens (tertiary/aromatic N) is 1. The molecule has 2 rings (SSSR count). The van der Waals surface area contributed by atoms with Gasteiger partial charge in [-0.2, -0.15) is 0 Å². The van der Waals surface area contributed by atoms with E-state index in [2.05, 4.69) is 27.4 Å². The number of hydrogen-bond donors (Lipinski definition) is 3. The van der Waals surface area contributed by atoms with Gasteiger partial charge in [0.1, 0.15) is 0 Å². The number of aromatic amines is 1. The molecule has 21 heavy (non-hydrogen) atoms. The highest BCUT2D eigenvalue weighted by Gasteiger charge is 2.12. The molecule has 0 bridgehead atoms. The van der Waals surface area contributed by atoms with Crippen LogP contribution in [0.15, 0.2) is 42.9 Å². The highest BCUT2D eigenvalue weighted by molar-refractivity contribution is 5.66. The number of carboxylic acid groups (broad SMARTS) is 1. The quantitative estimate of drug-likeness (QED) is 0.619. The standard InChI is InChI=1S/C16H21N3O2/c20-16(21)7-6-14(13-4-2-1-3-5-13)8-9-17-10-15-11-18-12-19-15/h1-5,11-12,14,17H,6-10H2,(H,18,19)(H,20,21). The molecule has 0 radical (unpaired) electrons. The van der Waals surface area contributed by atoms with Gasteiger partial charge in [0.05, 0.1) is 6.33 Å². The Morgan fingerprint density at radius 2 is 2.10 bits per heavy atom. The summed E-state index contributed by atoms with van der Waals surface area (Å²) < 4.78 is 0. The molecule has 0 amide bonds. The van der Waals surface area contributed by atoms with Crippen molar-refractivity contribution in [2.75, 3.05) is 6.54 Å². The first-order valence-electron chi connectivity index (χ1n) is 7.20. The van der Waals surface area contributed by atoms with Gasteiger partial charge in [-0.05, 0) is 30.9 Å². The van der Waals surface area contributed by atoms with Crippen molar-refractivity contribution >= 4 is 5.97 Å². The Morgan fingerprint density at radius 3 is 2.76 bits per heavy atom. The van der Waals surface area contributed by atoms with E-state index in [-0.39, 0.29) is 12.3 Å². The lowest BCUT2D eigenvalue weighted by atomic mass is 9.91. The van der Waals surface area contributed by atoms with Crippen LogP contribution in [0.4, 0.5) is 0 Å². The molecule has 0 fully saturated rings. The van der Waals surface area contributed by atoms with Crippen molar-refractivity contribution in [3.8, 4) is 0 Å². The molecule has 0 aliphatic carbocycles. The van der Waals surface area contributed by atoms with Gasteiger partial charge >= 0.3 is 5.97 Å². The molecule has 1 aromatic carbocycles. The lowest BCUT2D eigenvalue weighted by Crippen LogP contribution is -2.18. The fourth-order valence-corrected chi connectivity index (χ4v) is 2.38. The second kappa shape index (κ2) is 8.21. The predicted octanol–water partition coefficient (Wildman–Crippen LogP) is 2.54. The van der Waals surface area contributed by atoms with E-state index in [9.17, 15) is 4.79 Å². The molecule has 0 saturated heterocycles. The third kappa shape index (κ3) is 5.39. The van der Waals surface area contributed by atoms with E-state index in [1.807, 2.05) is 18.2 Å². The maximum atomic E-state index is 10.8. The van der Waals surface area contributed by atoms with Crippen LogP contribution in [0.5, 0.6) is 0 Å². The van der Waals surface area contributed by atoms with Gasteiger partial charge in [0.15, 0.2) is 0 Å². The molecule has 2 aromatic rings. The molecule has 1 heterocycles. The maximum absolute atomic E-state index is 10.8. The SMILES string of the molecule is O=C(O)CCC(CCNCc1cnc[nH]1)c1ccccc1. The lowest BCUT2D eigenvalue weighted by Gasteiger charge is -2.16. The van der Waals surface area contributed by atoms with Crippen LogP contribution in [0.1, 0.15) is 36.4 Å². The fraction of sp³-hybridized carbons (Fsp3) is 0.375. The number of carbonyl (C=O) groups is 1. The number of nitrogens with one attached hydrogen (secondary N) is 2. The summed E-state index contributed by atoms with van der Waals surface area (Å²) in [4.78, 5) is 17.8. The van der Waals surface area contributed by atoms with Crippen molar-refractivity contribution in [2.45, 2.75) is 31.7 Å². The number of benzene rings is 1. The summed E-state index contributed by atoms with van der Waals surface area (Å²) in [6.07, 6.45) is 5.26. The molecule has 0 spiro atoms. The van der Waals surface area contributed by atoms with E-state index in [0.29, 0.717) is 6.42 Å². The highest BCUT2D eigenvalue weighted by Crippen LogP contribution is 2.24. The Balaban J connectivity index is 1.82. The molecule has 0 saturated carbocycles. The summed E-state index contributed by atoms with van der Waals surface area (Å²) in [6.45, 7) is 1.60. The lowest BCUT2D eigenvalue weighted by molar-refractivity contribution is -0.137. The molecular weight excluding hydrogens is 266 g/mol. The number of aromatic nitrogens is 2. The zero-order valence-electron chi connectivity index (χ0n) is 12.0. The summed E-state index contributed by atoms with van der Waals surface area (Å²) >= 11 is 0. The van der Waals surface area contributed by atoms with Gasteiger partial charge in [0, 0.05) is 24.9 Å². The first-order valence-corrected chi connectivity index (χ1v) is 7.20. The number of rotatable bonds is 9.